The quantitative estimate of drug-likeness (QED) is 0.585. The maximum absolute atomic E-state index is 13.4. The van der Waals surface area contributed by atoms with Crippen LogP contribution in [-0.4, -0.2) is 49.1 Å². The first kappa shape index (κ1) is 21.5. The van der Waals surface area contributed by atoms with Crippen molar-refractivity contribution >= 4 is 34.6 Å². The molecule has 1 aliphatic rings. The van der Waals surface area contributed by atoms with Crippen LogP contribution in [0.1, 0.15) is 51.4 Å². The van der Waals surface area contributed by atoms with Crippen LogP contribution in [0.2, 0.25) is 0 Å². The van der Waals surface area contributed by atoms with Gasteiger partial charge in [0.1, 0.15) is 11.3 Å². The summed E-state index contributed by atoms with van der Waals surface area (Å²) in [5, 5.41) is 0. The van der Waals surface area contributed by atoms with Gasteiger partial charge in [-0.05, 0) is 33.8 Å². The van der Waals surface area contributed by atoms with E-state index in [4.69, 9.17) is 0 Å². The lowest BCUT2D eigenvalue weighted by Gasteiger charge is -2.25. The fourth-order valence-corrected chi connectivity index (χ4v) is 3.63. The number of hydrogen-bond acceptors (Lipinski definition) is 5. The van der Waals surface area contributed by atoms with Crippen molar-refractivity contribution in [3.05, 3.63) is 29.7 Å². The van der Waals surface area contributed by atoms with E-state index < -0.39 is 40.5 Å². The van der Waals surface area contributed by atoms with Gasteiger partial charge in [-0.1, -0.05) is 0 Å². The maximum Gasteiger partial charge on any atom is 0.331 e. The lowest BCUT2D eigenvalue weighted by Crippen LogP contribution is -2.40. The molecular weight excluding hydrogens is 404 g/mol. The summed E-state index contributed by atoms with van der Waals surface area (Å²) in [6, 6.07) is 0.135. The van der Waals surface area contributed by atoms with E-state index in [-0.39, 0.29) is 23.4 Å². The molecule has 0 bridgehead atoms. The Balaban J connectivity index is 2.05. The SMILES string of the molecule is C[C@@H](N[S+]([O-])C(C)(C)C)c1cn2cc(C(F)F)cc(N3CC(=O)N(C)C3=O)c2n1. The van der Waals surface area contributed by atoms with E-state index in [9.17, 15) is 22.9 Å². The summed E-state index contributed by atoms with van der Waals surface area (Å²) in [5.41, 5.74) is 0.559. The van der Waals surface area contributed by atoms with Gasteiger partial charge in [0.15, 0.2) is 5.65 Å². The van der Waals surface area contributed by atoms with Gasteiger partial charge in [0.05, 0.1) is 17.4 Å². The molecule has 3 rings (SSSR count). The van der Waals surface area contributed by atoms with Gasteiger partial charge < -0.3 is 8.95 Å². The average molecular weight is 427 g/mol. The largest absolute Gasteiger partial charge is 0.598 e. The van der Waals surface area contributed by atoms with E-state index in [0.29, 0.717) is 5.69 Å². The first-order valence-electron chi connectivity index (χ1n) is 8.97. The molecule has 2 aromatic rings. The van der Waals surface area contributed by atoms with Crippen LogP contribution < -0.4 is 9.62 Å². The lowest BCUT2D eigenvalue weighted by molar-refractivity contribution is -0.123. The molecule has 1 aliphatic heterocycles. The lowest BCUT2D eigenvalue weighted by atomic mass is 10.2. The van der Waals surface area contributed by atoms with Crippen molar-refractivity contribution in [3.63, 3.8) is 0 Å². The zero-order valence-corrected chi connectivity index (χ0v) is 17.6. The molecule has 2 aromatic heterocycles. The van der Waals surface area contributed by atoms with Crippen molar-refractivity contribution in [2.24, 2.45) is 0 Å². The third-order valence-electron chi connectivity index (χ3n) is 4.58. The number of fused-ring (bicyclic) bond motifs is 1. The van der Waals surface area contributed by atoms with Crippen LogP contribution in [0.15, 0.2) is 18.5 Å². The number of urea groups is 1. The predicted molar refractivity (Wildman–Crippen MR) is 105 cm³/mol. The third-order valence-corrected chi connectivity index (χ3v) is 6.26. The zero-order valence-electron chi connectivity index (χ0n) is 16.8. The molecule has 3 heterocycles. The van der Waals surface area contributed by atoms with Crippen LogP contribution in [0.3, 0.4) is 0 Å². The molecule has 0 saturated carbocycles. The van der Waals surface area contributed by atoms with Gasteiger partial charge in [-0.3, -0.25) is 14.6 Å². The van der Waals surface area contributed by atoms with E-state index in [1.54, 1.807) is 13.1 Å². The molecule has 1 N–H and O–H groups in total. The van der Waals surface area contributed by atoms with Crippen LogP contribution >= 0.6 is 0 Å². The summed E-state index contributed by atoms with van der Waals surface area (Å²) in [5.74, 6) is -0.432. The van der Waals surface area contributed by atoms with Gasteiger partial charge in [0, 0.05) is 36.4 Å². The highest BCUT2D eigenvalue weighted by molar-refractivity contribution is 7.90. The molecule has 1 fully saturated rings. The zero-order chi connectivity index (χ0) is 21.7. The van der Waals surface area contributed by atoms with Crippen molar-refractivity contribution in [1.29, 1.82) is 0 Å². The second-order valence-electron chi connectivity index (χ2n) is 7.90. The number of amides is 3. The molecule has 2 atom stereocenters. The molecule has 158 valence electrons. The van der Waals surface area contributed by atoms with Crippen molar-refractivity contribution in [2.45, 2.75) is 44.9 Å². The molecule has 3 amide bonds. The van der Waals surface area contributed by atoms with Crippen molar-refractivity contribution in [1.82, 2.24) is 19.0 Å². The summed E-state index contributed by atoms with van der Waals surface area (Å²) < 4.78 is 43.1. The van der Waals surface area contributed by atoms with Crippen molar-refractivity contribution < 1.29 is 22.9 Å². The smallest absolute Gasteiger partial charge is 0.331 e. The Morgan fingerprint density at radius 1 is 1.28 bits per heavy atom. The molecular formula is C18H23F2N5O3S. The summed E-state index contributed by atoms with van der Waals surface area (Å²) >= 11 is -1.36. The van der Waals surface area contributed by atoms with Crippen molar-refractivity contribution in [2.75, 3.05) is 18.5 Å². The van der Waals surface area contributed by atoms with E-state index in [0.717, 1.165) is 9.80 Å². The molecule has 1 saturated heterocycles. The van der Waals surface area contributed by atoms with Crippen LogP contribution in [0.5, 0.6) is 0 Å². The molecule has 11 heteroatoms. The minimum Gasteiger partial charge on any atom is -0.598 e. The fourth-order valence-electron chi connectivity index (χ4n) is 2.83. The van der Waals surface area contributed by atoms with E-state index in [1.807, 2.05) is 20.8 Å². The van der Waals surface area contributed by atoms with E-state index in [2.05, 4.69) is 9.71 Å². The minimum absolute atomic E-state index is 0.126. The molecule has 29 heavy (non-hydrogen) atoms. The molecule has 0 radical (unpaired) electrons. The highest BCUT2D eigenvalue weighted by Gasteiger charge is 2.36. The summed E-state index contributed by atoms with van der Waals surface area (Å²) in [6.07, 6.45) is 0.0208. The fraction of sp³-hybridized carbons (Fsp3) is 0.500. The predicted octanol–water partition coefficient (Wildman–Crippen LogP) is 2.78. The Bertz CT molecular complexity index is 959. The van der Waals surface area contributed by atoms with Gasteiger partial charge in [-0.2, -0.15) is 0 Å². The van der Waals surface area contributed by atoms with Gasteiger partial charge in [0.2, 0.25) is 5.91 Å². The number of aromatic nitrogens is 2. The van der Waals surface area contributed by atoms with E-state index >= 15 is 0 Å². The molecule has 1 unspecified atom stereocenters. The van der Waals surface area contributed by atoms with Crippen LogP contribution in [0, 0.1) is 0 Å². The third kappa shape index (κ3) is 4.07. The van der Waals surface area contributed by atoms with Gasteiger partial charge >= 0.3 is 6.03 Å². The minimum atomic E-state index is -2.76. The van der Waals surface area contributed by atoms with Crippen LogP contribution in [0.4, 0.5) is 19.3 Å². The highest BCUT2D eigenvalue weighted by atomic mass is 32.2. The number of nitrogens with zero attached hydrogens (tertiary/aromatic N) is 4. The number of imidazole rings is 1. The van der Waals surface area contributed by atoms with E-state index in [1.165, 1.54) is 23.7 Å². The second kappa shape index (κ2) is 7.54. The van der Waals surface area contributed by atoms with Gasteiger partial charge in [-0.25, -0.2) is 18.6 Å². The molecule has 8 nitrogen and oxygen atoms in total. The Labute approximate surface area is 170 Å². The highest BCUT2D eigenvalue weighted by Crippen LogP contribution is 2.31. The summed E-state index contributed by atoms with van der Waals surface area (Å²) in [7, 11) is 1.34. The molecule has 0 aromatic carbocycles. The Kier molecular flexibility index (Phi) is 5.58. The van der Waals surface area contributed by atoms with Crippen molar-refractivity contribution in [3.8, 4) is 0 Å². The van der Waals surface area contributed by atoms with Gasteiger partial charge in [-0.15, -0.1) is 4.72 Å². The molecule has 0 spiro atoms. The first-order valence-corrected chi connectivity index (χ1v) is 10.1. The number of pyridine rings is 1. The number of carbonyl (C=O) groups excluding carboxylic acids is 2. The number of alkyl halides is 2. The topological polar surface area (TPSA) is 93.0 Å². The number of nitrogens with one attached hydrogen (secondary N) is 1. The average Bonchev–Trinajstić information content (AvgIpc) is 3.17. The Hall–Kier alpha value is -2.24. The number of hydrogen-bond donors (Lipinski definition) is 1. The summed E-state index contributed by atoms with van der Waals surface area (Å²) in [4.78, 5) is 30.8. The number of anilines is 1. The van der Waals surface area contributed by atoms with Crippen LogP contribution in [0.25, 0.3) is 5.65 Å². The number of rotatable bonds is 5. The number of carbonyl (C=O) groups is 2. The second-order valence-corrected chi connectivity index (χ2v) is 9.90. The van der Waals surface area contributed by atoms with Crippen LogP contribution in [-0.2, 0) is 16.2 Å². The number of likely N-dealkylation sites (N-methyl/N-ethyl adjacent to an activating group) is 1. The first-order chi connectivity index (χ1) is 13.4. The van der Waals surface area contributed by atoms with Gasteiger partial charge in [0.25, 0.3) is 6.43 Å². The number of imide groups is 1. The summed E-state index contributed by atoms with van der Waals surface area (Å²) in [6.45, 7) is 6.99. The maximum atomic E-state index is 13.4. The monoisotopic (exact) mass is 427 g/mol. The normalized spacial score (nSPS) is 17.7. The Morgan fingerprint density at radius 2 is 1.93 bits per heavy atom. The molecule has 0 aliphatic carbocycles. The Morgan fingerprint density at radius 3 is 2.45 bits per heavy atom. The standard InChI is InChI=1S/C18H23F2N5O3S/c1-10(22-29(28)18(2,3)4)12-8-24-7-11(15(19)20)6-13(16(24)21-12)25-9-14(26)23(5)17(25)27/h6-8,10,15,22H,9H2,1-5H3/t10-,29?/m1/s1. The number of halogens is 2.